The van der Waals surface area contributed by atoms with E-state index in [1.165, 1.54) is 10.4 Å². The van der Waals surface area contributed by atoms with Gasteiger partial charge in [-0.15, -0.1) is 11.3 Å². The Morgan fingerprint density at radius 2 is 2.12 bits per heavy atom. The molecule has 0 aromatic carbocycles. The molecule has 2 heterocycles. The summed E-state index contributed by atoms with van der Waals surface area (Å²) in [6.45, 7) is 3.98. The summed E-state index contributed by atoms with van der Waals surface area (Å²) in [6, 6.07) is 6.23. The summed E-state index contributed by atoms with van der Waals surface area (Å²) in [5, 5.41) is 14.6. The van der Waals surface area contributed by atoms with Crippen LogP contribution >= 0.6 is 22.7 Å². The molecule has 0 aliphatic rings. The topological polar surface area (TPSA) is 20.2 Å². The van der Waals surface area contributed by atoms with Crippen molar-refractivity contribution < 1.29 is 5.11 Å². The lowest BCUT2D eigenvalue weighted by Gasteiger charge is -2.21. The van der Waals surface area contributed by atoms with E-state index in [9.17, 15) is 5.11 Å². The molecule has 2 aromatic rings. The molecule has 0 amide bonds. The number of aliphatic hydroxyl groups is 1. The smallest absolute Gasteiger partial charge is 0.0963 e. The lowest BCUT2D eigenvalue weighted by molar-refractivity contribution is 0.0519. The molecule has 1 unspecified atom stereocenters. The first-order chi connectivity index (χ1) is 7.58. The summed E-state index contributed by atoms with van der Waals surface area (Å²) in [4.78, 5) is 2.33. The van der Waals surface area contributed by atoms with Crippen LogP contribution in [-0.4, -0.2) is 5.11 Å². The van der Waals surface area contributed by atoms with Crippen LogP contribution in [0.25, 0.3) is 0 Å². The highest BCUT2D eigenvalue weighted by molar-refractivity contribution is 7.12. The Bertz CT molecular complexity index is 440. The van der Waals surface area contributed by atoms with Crippen LogP contribution in [0, 0.1) is 6.92 Å². The van der Waals surface area contributed by atoms with Gasteiger partial charge in [-0.05, 0) is 61.2 Å². The third-order valence-corrected chi connectivity index (χ3v) is 4.74. The SMILES string of the molecule is Cc1ccc(C(C)(O)CCc2ccsc2)s1. The van der Waals surface area contributed by atoms with Crippen molar-refractivity contribution in [2.75, 3.05) is 0 Å². The third kappa shape index (κ3) is 2.73. The minimum absolute atomic E-state index is 0.694. The van der Waals surface area contributed by atoms with E-state index in [2.05, 4.69) is 29.8 Å². The van der Waals surface area contributed by atoms with Gasteiger partial charge in [0, 0.05) is 9.75 Å². The second kappa shape index (κ2) is 4.70. The van der Waals surface area contributed by atoms with Crippen LogP contribution in [0.2, 0.25) is 0 Å². The molecule has 1 atom stereocenters. The van der Waals surface area contributed by atoms with Crippen LogP contribution in [0.4, 0.5) is 0 Å². The molecular formula is C13H16OS2. The molecule has 0 aliphatic carbocycles. The molecule has 1 nitrogen and oxygen atoms in total. The molecule has 2 rings (SSSR count). The molecule has 0 saturated heterocycles. The van der Waals surface area contributed by atoms with Crippen molar-refractivity contribution in [1.82, 2.24) is 0 Å². The molecule has 0 saturated carbocycles. The van der Waals surface area contributed by atoms with Gasteiger partial charge >= 0.3 is 0 Å². The minimum Gasteiger partial charge on any atom is -0.385 e. The Kier molecular flexibility index (Phi) is 3.47. The summed E-state index contributed by atoms with van der Waals surface area (Å²) in [5.41, 5.74) is 0.625. The standard InChI is InChI=1S/C13H16OS2/c1-10-3-4-12(16-10)13(2,14)7-5-11-6-8-15-9-11/h3-4,6,8-9,14H,5,7H2,1-2H3. The fraction of sp³-hybridized carbons (Fsp3) is 0.385. The van der Waals surface area contributed by atoms with Gasteiger partial charge < -0.3 is 5.11 Å². The van der Waals surface area contributed by atoms with Gasteiger partial charge in [0.1, 0.15) is 0 Å². The lowest BCUT2D eigenvalue weighted by atomic mass is 9.96. The summed E-state index contributed by atoms with van der Waals surface area (Å²) < 4.78 is 0. The Morgan fingerprint density at radius 1 is 1.31 bits per heavy atom. The van der Waals surface area contributed by atoms with Crippen molar-refractivity contribution in [3.63, 3.8) is 0 Å². The van der Waals surface area contributed by atoms with Crippen molar-refractivity contribution in [3.05, 3.63) is 44.3 Å². The fourth-order valence-corrected chi connectivity index (χ4v) is 3.31. The Labute approximate surface area is 104 Å². The first-order valence-electron chi connectivity index (χ1n) is 5.38. The lowest BCUT2D eigenvalue weighted by Crippen LogP contribution is -2.20. The largest absolute Gasteiger partial charge is 0.385 e. The molecule has 3 heteroatoms. The van der Waals surface area contributed by atoms with Crippen LogP contribution < -0.4 is 0 Å². The minimum atomic E-state index is -0.694. The highest BCUT2D eigenvalue weighted by Crippen LogP contribution is 2.31. The van der Waals surface area contributed by atoms with Crippen LogP contribution in [0.1, 0.15) is 28.7 Å². The number of aryl methyl sites for hydroxylation is 2. The normalized spacial score (nSPS) is 14.9. The highest BCUT2D eigenvalue weighted by Gasteiger charge is 2.24. The van der Waals surface area contributed by atoms with E-state index in [4.69, 9.17) is 0 Å². The van der Waals surface area contributed by atoms with Crippen molar-refractivity contribution in [2.24, 2.45) is 0 Å². The summed E-state index contributed by atoms with van der Waals surface area (Å²) >= 11 is 3.40. The van der Waals surface area contributed by atoms with Gasteiger partial charge in [0.15, 0.2) is 0 Å². The number of rotatable bonds is 4. The monoisotopic (exact) mass is 252 g/mol. The van der Waals surface area contributed by atoms with Crippen LogP contribution in [0.5, 0.6) is 0 Å². The predicted molar refractivity (Wildman–Crippen MR) is 71.3 cm³/mol. The highest BCUT2D eigenvalue weighted by atomic mass is 32.1. The Morgan fingerprint density at radius 3 is 2.69 bits per heavy atom. The molecule has 0 radical (unpaired) electrons. The first kappa shape index (κ1) is 11.8. The Hall–Kier alpha value is -0.640. The summed E-state index contributed by atoms with van der Waals surface area (Å²) in [7, 11) is 0. The van der Waals surface area contributed by atoms with Gasteiger partial charge in [-0.25, -0.2) is 0 Å². The van der Waals surface area contributed by atoms with Gasteiger partial charge in [0.2, 0.25) is 0 Å². The zero-order chi connectivity index (χ0) is 11.6. The van der Waals surface area contributed by atoms with Crippen molar-refractivity contribution in [1.29, 1.82) is 0 Å². The first-order valence-corrected chi connectivity index (χ1v) is 7.14. The molecule has 0 fully saturated rings. The average molecular weight is 252 g/mol. The molecule has 1 N–H and O–H groups in total. The van der Waals surface area contributed by atoms with Crippen molar-refractivity contribution in [3.8, 4) is 0 Å². The second-order valence-electron chi connectivity index (χ2n) is 4.32. The van der Waals surface area contributed by atoms with E-state index in [-0.39, 0.29) is 0 Å². The number of hydrogen-bond donors (Lipinski definition) is 1. The molecule has 16 heavy (non-hydrogen) atoms. The fourth-order valence-electron chi connectivity index (χ4n) is 1.67. The molecule has 0 aliphatic heterocycles. The molecule has 86 valence electrons. The second-order valence-corrected chi connectivity index (χ2v) is 6.38. The molecule has 0 spiro atoms. The van der Waals surface area contributed by atoms with Crippen LogP contribution in [0.15, 0.2) is 29.0 Å². The van der Waals surface area contributed by atoms with E-state index in [0.717, 1.165) is 17.7 Å². The van der Waals surface area contributed by atoms with Gasteiger partial charge in [-0.3, -0.25) is 0 Å². The average Bonchev–Trinajstić information content (AvgIpc) is 2.85. The zero-order valence-corrected chi connectivity index (χ0v) is 11.2. The van der Waals surface area contributed by atoms with E-state index < -0.39 is 5.60 Å². The van der Waals surface area contributed by atoms with Gasteiger partial charge in [-0.2, -0.15) is 11.3 Å². The zero-order valence-electron chi connectivity index (χ0n) is 9.56. The van der Waals surface area contributed by atoms with E-state index >= 15 is 0 Å². The summed E-state index contributed by atoms with van der Waals surface area (Å²) in [6.07, 6.45) is 1.72. The number of thiophene rings is 2. The van der Waals surface area contributed by atoms with E-state index in [1.807, 2.05) is 13.0 Å². The van der Waals surface area contributed by atoms with E-state index in [1.54, 1.807) is 22.7 Å². The van der Waals surface area contributed by atoms with Crippen LogP contribution in [-0.2, 0) is 12.0 Å². The van der Waals surface area contributed by atoms with E-state index in [0.29, 0.717) is 0 Å². The van der Waals surface area contributed by atoms with Crippen molar-refractivity contribution >= 4 is 22.7 Å². The van der Waals surface area contributed by atoms with Gasteiger partial charge in [0.05, 0.1) is 5.60 Å². The van der Waals surface area contributed by atoms with Gasteiger partial charge in [-0.1, -0.05) is 0 Å². The molecule has 2 aromatic heterocycles. The molecular weight excluding hydrogens is 236 g/mol. The summed E-state index contributed by atoms with van der Waals surface area (Å²) in [5.74, 6) is 0. The molecule has 0 bridgehead atoms. The van der Waals surface area contributed by atoms with Crippen molar-refractivity contribution in [2.45, 2.75) is 32.3 Å². The quantitative estimate of drug-likeness (QED) is 0.873. The third-order valence-electron chi connectivity index (χ3n) is 2.75. The maximum atomic E-state index is 10.4. The van der Waals surface area contributed by atoms with Gasteiger partial charge in [0.25, 0.3) is 0 Å². The maximum absolute atomic E-state index is 10.4. The Balaban J connectivity index is 2.02. The van der Waals surface area contributed by atoms with Crippen LogP contribution in [0.3, 0.4) is 0 Å². The predicted octanol–water partition coefficient (Wildman–Crippen LogP) is 3.96. The number of hydrogen-bond acceptors (Lipinski definition) is 3. The maximum Gasteiger partial charge on any atom is 0.0963 e.